The van der Waals surface area contributed by atoms with Gasteiger partial charge in [-0.1, -0.05) is 12.1 Å². The van der Waals surface area contributed by atoms with Crippen LogP contribution in [0.2, 0.25) is 0 Å². The summed E-state index contributed by atoms with van der Waals surface area (Å²) in [5, 5.41) is 5.72. The first-order chi connectivity index (χ1) is 16.1. The number of rotatable bonds is 5. The van der Waals surface area contributed by atoms with E-state index in [0.29, 0.717) is 37.3 Å². The molecule has 2 aromatic rings. The molecule has 34 heavy (non-hydrogen) atoms. The second kappa shape index (κ2) is 9.63. The van der Waals surface area contributed by atoms with E-state index in [1.807, 2.05) is 32.0 Å². The first-order valence-corrected chi connectivity index (χ1v) is 12.7. The van der Waals surface area contributed by atoms with Crippen LogP contribution in [0.25, 0.3) is 0 Å². The lowest BCUT2D eigenvalue weighted by atomic mass is 10.0. The standard InChI is InChI=1S/C24H27FN4O4S/c1-16-3-4-17(2)22(15-16)29-23(30)10-9-21(26-29)24(31)28-13-11-19(12-14-28)27-34(32,33)20-7-5-18(25)6-8-20/h3-8,15,19,27H,9-14H2,1-2H3. The Morgan fingerprint density at radius 2 is 1.74 bits per heavy atom. The number of hydrogen-bond acceptors (Lipinski definition) is 5. The number of hydrogen-bond donors (Lipinski definition) is 1. The van der Waals surface area contributed by atoms with Crippen molar-refractivity contribution in [3.63, 3.8) is 0 Å². The average Bonchev–Trinajstić information content (AvgIpc) is 2.81. The van der Waals surface area contributed by atoms with Crippen molar-refractivity contribution in [1.82, 2.24) is 9.62 Å². The third-order valence-electron chi connectivity index (χ3n) is 6.10. The van der Waals surface area contributed by atoms with Gasteiger partial charge in [0, 0.05) is 32.0 Å². The Labute approximate surface area is 198 Å². The highest BCUT2D eigenvalue weighted by atomic mass is 32.2. The third-order valence-corrected chi connectivity index (χ3v) is 7.64. The molecule has 1 N–H and O–H groups in total. The van der Waals surface area contributed by atoms with Gasteiger partial charge in [-0.25, -0.2) is 22.5 Å². The molecule has 10 heteroatoms. The predicted molar refractivity (Wildman–Crippen MR) is 126 cm³/mol. The number of nitrogens with one attached hydrogen (secondary N) is 1. The van der Waals surface area contributed by atoms with Gasteiger partial charge >= 0.3 is 0 Å². The first kappa shape index (κ1) is 24.0. The lowest BCUT2D eigenvalue weighted by molar-refractivity contribution is -0.125. The monoisotopic (exact) mass is 486 g/mol. The summed E-state index contributed by atoms with van der Waals surface area (Å²) in [4.78, 5) is 27.3. The summed E-state index contributed by atoms with van der Waals surface area (Å²) >= 11 is 0. The van der Waals surface area contributed by atoms with E-state index in [9.17, 15) is 22.4 Å². The molecule has 2 amide bonds. The summed E-state index contributed by atoms with van der Waals surface area (Å²) in [6, 6.07) is 10.1. The Hall–Kier alpha value is -3.11. The maximum absolute atomic E-state index is 13.1. The van der Waals surface area contributed by atoms with Crippen molar-refractivity contribution in [3.05, 3.63) is 59.4 Å². The maximum atomic E-state index is 13.1. The highest BCUT2D eigenvalue weighted by Gasteiger charge is 2.32. The second-order valence-electron chi connectivity index (χ2n) is 8.68. The molecule has 2 aromatic carbocycles. The van der Waals surface area contributed by atoms with E-state index in [0.717, 1.165) is 23.3 Å². The van der Waals surface area contributed by atoms with Crippen LogP contribution in [0.5, 0.6) is 0 Å². The largest absolute Gasteiger partial charge is 0.337 e. The Morgan fingerprint density at radius 1 is 1.06 bits per heavy atom. The molecule has 2 aliphatic heterocycles. The number of anilines is 1. The molecule has 0 atom stereocenters. The van der Waals surface area contributed by atoms with Crippen LogP contribution >= 0.6 is 0 Å². The Balaban J connectivity index is 1.41. The molecular formula is C24H27FN4O4S. The predicted octanol–water partition coefficient (Wildman–Crippen LogP) is 2.89. The molecule has 0 unspecified atom stereocenters. The van der Waals surface area contributed by atoms with E-state index in [-0.39, 0.29) is 35.6 Å². The van der Waals surface area contributed by atoms with Crippen LogP contribution in [0, 0.1) is 19.7 Å². The number of piperidine rings is 1. The molecule has 8 nitrogen and oxygen atoms in total. The smallest absolute Gasteiger partial charge is 0.270 e. The van der Waals surface area contributed by atoms with Gasteiger partial charge in [-0.15, -0.1) is 0 Å². The van der Waals surface area contributed by atoms with Crippen LogP contribution in [-0.2, 0) is 19.6 Å². The van der Waals surface area contributed by atoms with Crippen molar-refractivity contribution < 1.29 is 22.4 Å². The molecule has 1 fully saturated rings. The molecule has 0 spiro atoms. The third kappa shape index (κ3) is 5.18. The second-order valence-corrected chi connectivity index (χ2v) is 10.4. The topological polar surface area (TPSA) is 99.2 Å². The number of aryl methyl sites for hydroxylation is 2. The number of sulfonamides is 1. The summed E-state index contributed by atoms with van der Waals surface area (Å²) in [6.07, 6.45) is 1.36. The minimum absolute atomic E-state index is 0.000155. The van der Waals surface area contributed by atoms with Crippen molar-refractivity contribution >= 4 is 33.2 Å². The van der Waals surface area contributed by atoms with E-state index in [1.54, 1.807) is 4.90 Å². The van der Waals surface area contributed by atoms with Gasteiger partial charge in [0.2, 0.25) is 15.9 Å². The summed E-state index contributed by atoms with van der Waals surface area (Å²) in [6.45, 7) is 4.56. The van der Waals surface area contributed by atoms with Crippen LogP contribution in [0.4, 0.5) is 10.1 Å². The number of nitrogens with zero attached hydrogens (tertiary/aromatic N) is 3. The van der Waals surface area contributed by atoms with Crippen LogP contribution in [0.1, 0.15) is 36.8 Å². The summed E-state index contributed by atoms with van der Waals surface area (Å²) in [5.74, 6) is -0.893. The van der Waals surface area contributed by atoms with Crippen molar-refractivity contribution in [1.29, 1.82) is 0 Å². The molecule has 0 saturated carbocycles. The number of benzene rings is 2. The maximum Gasteiger partial charge on any atom is 0.270 e. The number of carbonyl (C=O) groups is 2. The Bertz CT molecular complexity index is 1240. The molecule has 2 heterocycles. The van der Waals surface area contributed by atoms with E-state index in [4.69, 9.17) is 0 Å². The Kier molecular flexibility index (Phi) is 6.81. The van der Waals surface area contributed by atoms with Crippen LogP contribution in [0.3, 0.4) is 0 Å². The van der Waals surface area contributed by atoms with E-state index < -0.39 is 15.8 Å². The van der Waals surface area contributed by atoms with Gasteiger partial charge in [-0.05, 0) is 68.1 Å². The van der Waals surface area contributed by atoms with Crippen LogP contribution in [0.15, 0.2) is 52.5 Å². The van der Waals surface area contributed by atoms with Crippen molar-refractivity contribution in [3.8, 4) is 0 Å². The lowest BCUT2D eigenvalue weighted by Gasteiger charge is -2.33. The van der Waals surface area contributed by atoms with E-state index >= 15 is 0 Å². The highest BCUT2D eigenvalue weighted by Crippen LogP contribution is 2.26. The molecular weight excluding hydrogens is 459 g/mol. The molecule has 1 saturated heterocycles. The van der Waals surface area contributed by atoms with Crippen molar-refractivity contribution in [2.45, 2.75) is 50.5 Å². The van der Waals surface area contributed by atoms with Gasteiger partial charge in [-0.3, -0.25) is 9.59 Å². The molecule has 4 rings (SSSR count). The number of hydrazone groups is 1. The van der Waals surface area contributed by atoms with Gasteiger partial charge in [-0.2, -0.15) is 5.10 Å². The quantitative estimate of drug-likeness (QED) is 0.703. The average molecular weight is 487 g/mol. The molecule has 0 bridgehead atoms. The SMILES string of the molecule is Cc1ccc(C)c(N2N=C(C(=O)N3CCC(NS(=O)(=O)c4ccc(F)cc4)CC3)CCC2=O)c1. The first-order valence-electron chi connectivity index (χ1n) is 11.2. The molecule has 2 aliphatic rings. The summed E-state index contributed by atoms with van der Waals surface area (Å²) in [5.41, 5.74) is 2.88. The number of likely N-dealkylation sites (tertiary alicyclic amines) is 1. The zero-order chi connectivity index (χ0) is 24.5. The van der Waals surface area contributed by atoms with Gasteiger partial charge in [0.15, 0.2) is 0 Å². The Morgan fingerprint density at radius 3 is 2.41 bits per heavy atom. The molecule has 0 radical (unpaired) electrons. The molecule has 0 aromatic heterocycles. The normalized spacial score (nSPS) is 17.6. The van der Waals surface area contributed by atoms with Crippen LogP contribution in [-0.4, -0.2) is 50.0 Å². The van der Waals surface area contributed by atoms with Gasteiger partial charge < -0.3 is 4.90 Å². The van der Waals surface area contributed by atoms with Crippen LogP contribution < -0.4 is 9.73 Å². The fourth-order valence-corrected chi connectivity index (χ4v) is 5.43. The minimum atomic E-state index is -3.77. The van der Waals surface area contributed by atoms with Crippen molar-refractivity contribution in [2.75, 3.05) is 18.1 Å². The fourth-order valence-electron chi connectivity index (χ4n) is 4.13. The summed E-state index contributed by atoms with van der Waals surface area (Å²) in [7, 11) is -3.77. The van der Waals surface area contributed by atoms with Crippen molar-refractivity contribution in [2.24, 2.45) is 5.10 Å². The number of amides is 2. The minimum Gasteiger partial charge on any atom is -0.337 e. The van der Waals surface area contributed by atoms with E-state index in [2.05, 4.69) is 9.82 Å². The zero-order valence-electron chi connectivity index (χ0n) is 19.1. The van der Waals surface area contributed by atoms with Gasteiger partial charge in [0.1, 0.15) is 11.5 Å². The number of halogens is 1. The van der Waals surface area contributed by atoms with E-state index in [1.165, 1.54) is 17.1 Å². The van der Waals surface area contributed by atoms with Gasteiger partial charge in [0.25, 0.3) is 5.91 Å². The molecule has 180 valence electrons. The zero-order valence-corrected chi connectivity index (χ0v) is 19.9. The number of carbonyl (C=O) groups excluding carboxylic acids is 2. The van der Waals surface area contributed by atoms with Gasteiger partial charge in [0.05, 0.1) is 10.6 Å². The fraction of sp³-hybridized carbons (Fsp3) is 0.375. The molecule has 0 aliphatic carbocycles. The lowest BCUT2D eigenvalue weighted by Crippen LogP contribution is -2.49. The summed E-state index contributed by atoms with van der Waals surface area (Å²) < 4.78 is 40.9. The highest BCUT2D eigenvalue weighted by molar-refractivity contribution is 7.89.